The Labute approximate surface area is 135 Å². The van der Waals surface area contributed by atoms with Gasteiger partial charge in [-0.2, -0.15) is 20.0 Å². The van der Waals surface area contributed by atoms with Gasteiger partial charge in [0.2, 0.25) is 5.95 Å². The molecule has 0 amide bonds. The monoisotopic (exact) mass is 321 g/mol. The van der Waals surface area contributed by atoms with Crippen LogP contribution >= 0.6 is 0 Å². The molecule has 0 fully saturated rings. The van der Waals surface area contributed by atoms with Gasteiger partial charge in [0.15, 0.2) is 11.6 Å². The van der Waals surface area contributed by atoms with Gasteiger partial charge in [0.1, 0.15) is 17.3 Å². The number of nitrogen functional groups attached to an aromatic ring is 2. The number of nitrogens with zero attached hydrogens (tertiary/aromatic N) is 9. The highest BCUT2D eigenvalue weighted by atomic mass is 15.4. The standard InChI is InChI=1S/C13H11N11/c1-7-9(10(15)21-12(16)20-7)22-23-11-8(5-14)6-19-24(11)13-17-3-2-4-18-13/h2-4,6H,1H3,(H4,15,16,20,21). The second-order valence-corrected chi connectivity index (χ2v) is 4.56. The average molecular weight is 321 g/mol. The van der Waals surface area contributed by atoms with Gasteiger partial charge in [-0.1, -0.05) is 0 Å². The summed E-state index contributed by atoms with van der Waals surface area (Å²) >= 11 is 0. The van der Waals surface area contributed by atoms with Crippen molar-refractivity contribution in [1.82, 2.24) is 29.7 Å². The minimum absolute atomic E-state index is 0.0457. The van der Waals surface area contributed by atoms with E-state index in [2.05, 4.69) is 35.3 Å². The Hall–Kier alpha value is -3.94. The molecule has 4 N–H and O–H groups in total. The largest absolute Gasteiger partial charge is 0.382 e. The first-order valence-corrected chi connectivity index (χ1v) is 6.67. The molecule has 0 bridgehead atoms. The summed E-state index contributed by atoms with van der Waals surface area (Å²) in [5.74, 6) is 0.555. The Morgan fingerprint density at radius 1 is 1.17 bits per heavy atom. The molecule has 0 aliphatic carbocycles. The molecule has 118 valence electrons. The van der Waals surface area contributed by atoms with Gasteiger partial charge in [-0.25, -0.2) is 15.0 Å². The maximum absolute atomic E-state index is 9.21. The maximum atomic E-state index is 9.21. The lowest BCUT2D eigenvalue weighted by molar-refractivity contribution is 0.803. The summed E-state index contributed by atoms with van der Waals surface area (Å²) < 4.78 is 1.30. The van der Waals surface area contributed by atoms with E-state index in [1.165, 1.54) is 10.9 Å². The quantitative estimate of drug-likeness (QED) is 0.677. The molecule has 0 aliphatic rings. The van der Waals surface area contributed by atoms with Crippen molar-refractivity contribution < 1.29 is 0 Å². The number of nitriles is 1. The number of azo groups is 1. The smallest absolute Gasteiger partial charge is 0.252 e. The van der Waals surface area contributed by atoms with Crippen molar-refractivity contribution in [2.45, 2.75) is 6.92 Å². The molecule has 3 rings (SSSR count). The second kappa shape index (κ2) is 6.05. The van der Waals surface area contributed by atoms with Crippen LogP contribution in [0.5, 0.6) is 0 Å². The van der Waals surface area contributed by atoms with E-state index in [1.807, 2.05) is 6.07 Å². The van der Waals surface area contributed by atoms with E-state index in [-0.39, 0.29) is 34.8 Å². The van der Waals surface area contributed by atoms with E-state index < -0.39 is 0 Å². The van der Waals surface area contributed by atoms with Crippen molar-refractivity contribution in [2.24, 2.45) is 10.2 Å². The molecule has 11 heteroatoms. The molecule has 3 aromatic heterocycles. The van der Waals surface area contributed by atoms with Crippen LogP contribution in [0, 0.1) is 18.3 Å². The summed E-state index contributed by atoms with van der Waals surface area (Å²) in [6, 6.07) is 3.65. The van der Waals surface area contributed by atoms with Gasteiger partial charge < -0.3 is 11.5 Å². The third-order valence-electron chi connectivity index (χ3n) is 2.95. The molecule has 24 heavy (non-hydrogen) atoms. The van der Waals surface area contributed by atoms with E-state index >= 15 is 0 Å². The summed E-state index contributed by atoms with van der Waals surface area (Å²) in [6.45, 7) is 1.67. The zero-order valence-electron chi connectivity index (χ0n) is 12.5. The van der Waals surface area contributed by atoms with E-state index in [0.717, 1.165) is 0 Å². The summed E-state index contributed by atoms with van der Waals surface area (Å²) in [5, 5.41) is 21.4. The zero-order valence-corrected chi connectivity index (χ0v) is 12.5. The lowest BCUT2D eigenvalue weighted by Crippen LogP contribution is -2.02. The topological polar surface area (TPSA) is 170 Å². The average Bonchev–Trinajstić information content (AvgIpc) is 2.97. The molecule has 0 aromatic carbocycles. The predicted molar refractivity (Wildman–Crippen MR) is 83.6 cm³/mol. The van der Waals surface area contributed by atoms with E-state index in [1.54, 1.807) is 25.4 Å². The molecule has 0 aliphatic heterocycles. The molecule has 0 atom stereocenters. The van der Waals surface area contributed by atoms with Crippen LogP contribution in [-0.4, -0.2) is 29.7 Å². The minimum atomic E-state index is 0.0457. The summed E-state index contributed by atoms with van der Waals surface area (Å²) in [7, 11) is 0. The number of rotatable bonds is 3. The van der Waals surface area contributed by atoms with Gasteiger partial charge in [0, 0.05) is 12.4 Å². The van der Waals surface area contributed by atoms with Crippen LogP contribution in [0.4, 0.5) is 23.3 Å². The molecule has 0 radical (unpaired) electrons. The van der Waals surface area contributed by atoms with Crippen LogP contribution < -0.4 is 11.5 Å². The fourth-order valence-corrected chi connectivity index (χ4v) is 1.90. The fraction of sp³-hybridized carbons (Fsp3) is 0.0769. The Morgan fingerprint density at radius 2 is 1.92 bits per heavy atom. The Kier molecular flexibility index (Phi) is 3.77. The number of nitrogens with two attached hydrogens (primary N) is 2. The Morgan fingerprint density at radius 3 is 2.58 bits per heavy atom. The van der Waals surface area contributed by atoms with Crippen molar-refractivity contribution in [3.8, 4) is 12.0 Å². The number of anilines is 2. The van der Waals surface area contributed by atoms with Crippen molar-refractivity contribution in [3.63, 3.8) is 0 Å². The SMILES string of the molecule is Cc1nc(N)nc(N)c1N=Nc1c(C#N)cnn1-c1ncccn1. The summed E-state index contributed by atoms with van der Waals surface area (Å²) in [4.78, 5) is 16.0. The minimum Gasteiger partial charge on any atom is -0.382 e. The molecular weight excluding hydrogens is 310 g/mol. The normalized spacial score (nSPS) is 10.8. The first kappa shape index (κ1) is 15.0. The van der Waals surface area contributed by atoms with E-state index in [4.69, 9.17) is 11.5 Å². The molecule has 0 saturated carbocycles. The van der Waals surface area contributed by atoms with Gasteiger partial charge in [0.25, 0.3) is 5.95 Å². The molecule has 0 unspecified atom stereocenters. The van der Waals surface area contributed by atoms with Crippen molar-refractivity contribution in [1.29, 1.82) is 5.26 Å². The first-order valence-electron chi connectivity index (χ1n) is 6.67. The zero-order chi connectivity index (χ0) is 17.1. The van der Waals surface area contributed by atoms with E-state index in [0.29, 0.717) is 5.69 Å². The lowest BCUT2D eigenvalue weighted by atomic mass is 10.3. The highest BCUT2D eigenvalue weighted by molar-refractivity contribution is 5.61. The van der Waals surface area contributed by atoms with Gasteiger partial charge in [-0.15, -0.1) is 10.2 Å². The molecule has 11 nitrogen and oxygen atoms in total. The summed E-state index contributed by atoms with van der Waals surface area (Å²) in [6.07, 6.45) is 4.44. The van der Waals surface area contributed by atoms with Crippen LogP contribution in [0.3, 0.4) is 0 Å². The Bertz CT molecular complexity index is 929. The number of aromatic nitrogens is 6. The molecule has 3 aromatic rings. The van der Waals surface area contributed by atoms with Crippen molar-refractivity contribution >= 4 is 23.3 Å². The van der Waals surface area contributed by atoms with Gasteiger partial charge >= 0.3 is 0 Å². The van der Waals surface area contributed by atoms with Gasteiger partial charge in [-0.3, -0.25) is 0 Å². The Balaban J connectivity index is 2.08. The van der Waals surface area contributed by atoms with Crippen LogP contribution in [0.2, 0.25) is 0 Å². The maximum Gasteiger partial charge on any atom is 0.252 e. The predicted octanol–water partition coefficient (Wildman–Crippen LogP) is 1.21. The lowest BCUT2D eigenvalue weighted by Gasteiger charge is -2.03. The molecule has 3 heterocycles. The summed E-state index contributed by atoms with van der Waals surface area (Å²) in [5.41, 5.74) is 12.2. The second-order valence-electron chi connectivity index (χ2n) is 4.56. The first-order chi connectivity index (χ1) is 11.6. The van der Waals surface area contributed by atoms with E-state index in [9.17, 15) is 5.26 Å². The third kappa shape index (κ3) is 2.71. The van der Waals surface area contributed by atoms with Gasteiger partial charge in [-0.05, 0) is 13.0 Å². The van der Waals surface area contributed by atoms with Crippen molar-refractivity contribution in [3.05, 3.63) is 35.9 Å². The van der Waals surface area contributed by atoms with Crippen LogP contribution in [0.25, 0.3) is 5.95 Å². The van der Waals surface area contributed by atoms with Gasteiger partial charge in [0.05, 0.1) is 11.9 Å². The van der Waals surface area contributed by atoms with Crippen LogP contribution in [0.1, 0.15) is 11.3 Å². The van der Waals surface area contributed by atoms with Crippen molar-refractivity contribution in [2.75, 3.05) is 11.5 Å². The number of aryl methyl sites for hydroxylation is 1. The highest BCUT2D eigenvalue weighted by Gasteiger charge is 2.14. The number of hydrogen-bond donors (Lipinski definition) is 2. The third-order valence-corrected chi connectivity index (χ3v) is 2.95. The van der Waals surface area contributed by atoms with Crippen LogP contribution in [0.15, 0.2) is 34.9 Å². The molecule has 0 saturated heterocycles. The number of hydrogen-bond acceptors (Lipinski definition) is 10. The molecule has 0 spiro atoms. The van der Waals surface area contributed by atoms with Crippen LogP contribution in [-0.2, 0) is 0 Å². The molecular formula is C13H11N11. The fourth-order valence-electron chi connectivity index (χ4n) is 1.90. The highest BCUT2D eigenvalue weighted by Crippen LogP contribution is 2.28.